The Labute approximate surface area is 88.0 Å². The Kier molecular flexibility index (Phi) is 2.49. The molecule has 0 aromatic carbocycles. The summed E-state index contributed by atoms with van der Waals surface area (Å²) in [5.74, 6) is 0.527. The van der Waals surface area contributed by atoms with Gasteiger partial charge in [-0.05, 0) is 12.5 Å². The lowest BCUT2D eigenvalue weighted by Crippen LogP contribution is -2.07. The molecule has 0 aliphatic heterocycles. The van der Waals surface area contributed by atoms with E-state index in [1.165, 1.54) is 0 Å². The van der Waals surface area contributed by atoms with E-state index < -0.39 is 0 Å². The molecule has 0 saturated heterocycles. The summed E-state index contributed by atoms with van der Waals surface area (Å²) in [6, 6.07) is 1.89. The second kappa shape index (κ2) is 3.81. The Morgan fingerprint density at radius 3 is 3.00 bits per heavy atom. The third-order valence-corrected chi connectivity index (χ3v) is 2.31. The number of imidazole rings is 1. The molecule has 0 amide bonds. The van der Waals surface area contributed by atoms with Crippen LogP contribution in [0.15, 0.2) is 18.5 Å². The molecular weight excluding hydrogens is 190 g/mol. The highest BCUT2D eigenvalue weighted by atomic mass is 16.1. The molecule has 4 heteroatoms. The van der Waals surface area contributed by atoms with Crippen LogP contribution in [-0.2, 0) is 6.54 Å². The highest BCUT2D eigenvalue weighted by molar-refractivity contribution is 5.94. The predicted molar refractivity (Wildman–Crippen MR) is 57.8 cm³/mol. The minimum absolute atomic E-state index is 0.000324. The zero-order valence-corrected chi connectivity index (χ0v) is 8.90. The van der Waals surface area contributed by atoms with Crippen LogP contribution in [0.2, 0.25) is 0 Å². The average Bonchev–Trinajstić information content (AvgIpc) is 2.58. The third kappa shape index (κ3) is 1.63. The number of ketones is 1. The monoisotopic (exact) mass is 203 g/mol. The molecule has 0 bridgehead atoms. The highest BCUT2D eigenvalue weighted by Gasteiger charge is 2.12. The normalized spacial score (nSPS) is 10.8. The molecule has 2 heterocycles. The summed E-state index contributed by atoms with van der Waals surface area (Å²) in [5.41, 5.74) is 1.77. The molecule has 0 N–H and O–H groups in total. The number of aromatic nitrogens is 3. The molecule has 0 atom stereocenters. The number of hydrogen-bond donors (Lipinski definition) is 0. The Hall–Kier alpha value is -1.71. The van der Waals surface area contributed by atoms with Crippen molar-refractivity contribution in [2.75, 3.05) is 0 Å². The van der Waals surface area contributed by atoms with E-state index in [1.807, 2.05) is 10.6 Å². The van der Waals surface area contributed by atoms with Gasteiger partial charge in [-0.1, -0.05) is 6.92 Å². The molecule has 0 aliphatic rings. The lowest BCUT2D eigenvalue weighted by Gasteiger charge is -2.04. The van der Waals surface area contributed by atoms with Crippen molar-refractivity contribution in [3.05, 3.63) is 24.3 Å². The summed E-state index contributed by atoms with van der Waals surface area (Å²) in [7, 11) is 0. The summed E-state index contributed by atoms with van der Waals surface area (Å²) in [6.45, 7) is 4.44. The Morgan fingerprint density at radius 2 is 2.33 bits per heavy atom. The van der Waals surface area contributed by atoms with Crippen molar-refractivity contribution in [3.63, 3.8) is 0 Å². The standard InChI is InChI=1S/C11H13N3O/c1-3-6-14-10-4-5-12-7-9(10)13-11(14)8(2)15/h4-5,7H,3,6H2,1-2H3. The van der Waals surface area contributed by atoms with Gasteiger partial charge in [0.25, 0.3) is 0 Å². The van der Waals surface area contributed by atoms with E-state index >= 15 is 0 Å². The van der Waals surface area contributed by atoms with Gasteiger partial charge < -0.3 is 4.57 Å². The van der Waals surface area contributed by atoms with Crippen LogP contribution >= 0.6 is 0 Å². The van der Waals surface area contributed by atoms with Crippen molar-refractivity contribution < 1.29 is 4.79 Å². The molecule has 2 rings (SSSR count). The highest BCUT2D eigenvalue weighted by Crippen LogP contribution is 2.15. The fourth-order valence-electron chi connectivity index (χ4n) is 1.70. The van der Waals surface area contributed by atoms with E-state index in [4.69, 9.17) is 0 Å². The number of nitrogens with zero attached hydrogens (tertiary/aromatic N) is 3. The summed E-state index contributed by atoms with van der Waals surface area (Å²) < 4.78 is 1.96. The van der Waals surface area contributed by atoms with Crippen molar-refractivity contribution in [2.24, 2.45) is 0 Å². The Balaban J connectivity index is 2.68. The fourth-order valence-corrected chi connectivity index (χ4v) is 1.70. The summed E-state index contributed by atoms with van der Waals surface area (Å²) >= 11 is 0. The molecule has 2 aromatic heterocycles. The number of fused-ring (bicyclic) bond motifs is 1. The smallest absolute Gasteiger partial charge is 0.195 e. The molecule has 78 valence electrons. The van der Waals surface area contributed by atoms with Crippen LogP contribution in [0, 0.1) is 0 Å². The molecule has 2 aromatic rings. The molecule has 4 nitrogen and oxygen atoms in total. The molecule has 0 aliphatic carbocycles. The van der Waals surface area contributed by atoms with Crippen LogP contribution in [0.1, 0.15) is 30.9 Å². The van der Waals surface area contributed by atoms with Gasteiger partial charge in [0.2, 0.25) is 0 Å². The Bertz CT molecular complexity index is 502. The van der Waals surface area contributed by atoms with Crippen LogP contribution in [0.4, 0.5) is 0 Å². The zero-order valence-electron chi connectivity index (χ0n) is 8.90. The van der Waals surface area contributed by atoms with Crippen molar-refractivity contribution >= 4 is 16.8 Å². The van der Waals surface area contributed by atoms with E-state index in [1.54, 1.807) is 19.3 Å². The van der Waals surface area contributed by atoms with Crippen molar-refractivity contribution in [2.45, 2.75) is 26.8 Å². The van der Waals surface area contributed by atoms with Crippen LogP contribution in [0.3, 0.4) is 0 Å². The van der Waals surface area contributed by atoms with Gasteiger partial charge in [-0.2, -0.15) is 0 Å². The van der Waals surface area contributed by atoms with Gasteiger partial charge in [-0.25, -0.2) is 4.98 Å². The first kappa shape index (κ1) is 9.83. The Morgan fingerprint density at radius 1 is 1.53 bits per heavy atom. The second-order valence-corrected chi connectivity index (χ2v) is 3.51. The number of pyridine rings is 1. The minimum atomic E-state index is -0.000324. The van der Waals surface area contributed by atoms with Crippen LogP contribution in [0.5, 0.6) is 0 Å². The maximum absolute atomic E-state index is 11.4. The molecule has 0 unspecified atom stereocenters. The molecule has 15 heavy (non-hydrogen) atoms. The van der Waals surface area contributed by atoms with Gasteiger partial charge >= 0.3 is 0 Å². The summed E-state index contributed by atoms with van der Waals surface area (Å²) in [5, 5.41) is 0. The first-order valence-corrected chi connectivity index (χ1v) is 5.05. The van der Waals surface area contributed by atoms with Crippen molar-refractivity contribution in [1.82, 2.24) is 14.5 Å². The zero-order chi connectivity index (χ0) is 10.8. The molecule has 0 radical (unpaired) electrons. The predicted octanol–water partition coefficient (Wildman–Crippen LogP) is 2.04. The van der Waals surface area contributed by atoms with Gasteiger partial charge in [0, 0.05) is 19.7 Å². The largest absolute Gasteiger partial charge is 0.321 e. The first-order chi connectivity index (χ1) is 7.24. The van der Waals surface area contributed by atoms with E-state index in [-0.39, 0.29) is 5.78 Å². The van der Waals surface area contributed by atoms with E-state index in [2.05, 4.69) is 16.9 Å². The molecular formula is C11H13N3O. The van der Waals surface area contributed by atoms with Gasteiger partial charge in [-0.15, -0.1) is 0 Å². The number of carbonyl (C=O) groups is 1. The summed E-state index contributed by atoms with van der Waals surface area (Å²) in [4.78, 5) is 19.7. The maximum Gasteiger partial charge on any atom is 0.195 e. The van der Waals surface area contributed by atoms with Crippen molar-refractivity contribution in [1.29, 1.82) is 0 Å². The third-order valence-electron chi connectivity index (χ3n) is 2.31. The fraction of sp³-hybridized carbons (Fsp3) is 0.364. The van der Waals surface area contributed by atoms with Crippen LogP contribution in [-0.4, -0.2) is 20.3 Å². The number of hydrogen-bond acceptors (Lipinski definition) is 3. The maximum atomic E-state index is 11.4. The van der Waals surface area contributed by atoms with Crippen LogP contribution < -0.4 is 0 Å². The molecule has 0 spiro atoms. The van der Waals surface area contributed by atoms with Gasteiger partial charge in [-0.3, -0.25) is 9.78 Å². The van der Waals surface area contributed by atoms with Gasteiger partial charge in [0.1, 0.15) is 5.52 Å². The second-order valence-electron chi connectivity index (χ2n) is 3.51. The topological polar surface area (TPSA) is 47.8 Å². The lowest BCUT2D eigenvalue weighted by atomic mass is 10.3. The average molecular weight is 203 g/mol. The van der Waals surface area contributed by atoms with Gasteiger partial charge in [0.15, 0.2) is 11.6 Å². The molecule has 0 fully saturated rings. The quantitative estimate of drug-likeness (QED) is 0.717. The number of aryl methyl sites for hydroxylation is 1. The SMILES string of the molecule is CCCn1c(C(C)=O)nc2cnccc21. The van der Waals surface area contributed by atoms with E-state index in [0.29, 0.717) is 5.82 Å². The van der Waals surface area contributed by atoms with Crippen molar-refractivity contribution in [3.8, 4) is 0 Å². The number of rotatable bonds is 3. The first-order valence-electron chi connectivity index (χ1n) is 5.05. The summed E-state index contributed by atoms with van der Waals surface area (Å²) in [6.07, 6.45) is 4.39. The van der Waals surface area contributed by atoms with Gasteiger partial charge in [0.05, 0.1) is 11.7 Å². The van der Waals surface area contributed by atoms with E-state index in [0.717, 1.165) is 24.0 Å². The number of Topliss-reactive ketones (excluding diaryl/α,β-unsaturated/α-hetero) is 1. The molecule has 0 saturated carbocycles. The van der Waals surface area contributed by atoms with E-state index in [9.17, 15) is 4.79 Å². The van der Waals surface area contributed by atoms with Crippen LogP contribution in [0.25, 0.3) is 11.0 Å². The number of carbonyl (C=O) groups excluding carboxylic acids is 1. The lowest BCUT2D eigenvalue weighted by molar-refractivity contribution is 0.1000. The minimum Gasteiger partial charge on any atom is -0.321 e.